The quantitative estimate of drug-likeness (QED) is 0.602. The van der Waals surface area contributed by atoms with Crippen molar-refractivity contribution in [3.8, 4) is 11.4 Å². The Morgan fingerprint density at radius 3 is 2.95 bits per heavy atom. The summed E-state index contributed by atoms with van der Waals surface area (Å²) < 4.78 is 0. The molecule has 0 fully saturated rings. The molecule has 1 aromatic carbocycles. The van der Waals surface area contributed by atoms with Gasteiger partial charge in [0.25, 0.3) is 0 Å². The summed E-state index contributed by atoms with van der Waals surface area (Å²) in [5.74, 6) is 0.590. The minimum Gasteiger partial charge on any atom is -0.282 e. The molecule has 3 aromatic heterocycles. The second-order valence-electron chi connectivity index (χ2n) is 5.11. The van der Waals surface area contributed by atoms with Gasteiger partial charge in [-0.25, -0.2) is 0 Å². The van der Waals surface area contributed by atoms with E-state index in [1.54, 1.807) is 6.20 Å². The third kappa shape index (κ3) is 2.12. The Labute approximate surface area is 125 Å². The smallest absolute Gasteiger partial charge is 0.204 e. The Morgan fingerprint density at radius 1 is 1.14 bits per heavy atom. The number of hydrogen-bond donors (Lipinski definition) is 2. The molecule has 0 bridgehead atoms. The standard InChI is InChI=1S/C15H13N7/c1-9-14-12(18-17-9)5-6-16-13(14)8-10-3-2-4-11(7-10)15-19-21-22-20-15/h2-7H,8H2,1H3,(H,17,18)(H,19,20,21,22). The lowest BCUT2D eigenvalue weighted by atomic mass is 10.0. The Bertz CT molecular complexity index is 924. The molecule has 2 N–H and O–H groups in total. The van der Waals surface area contributed by atoms with Crippen LogP contribution in [0.25, 0.3) is 22.3 Å². The second kappa shape index (κ2) is 5.03. The fourth-order valence-corrected chi connectivity index (χ4v) is 2.63. The van der Waals surface area contributed by atoms with Crippen molar-refractivity contribution >= 4 is 10.9 Å². The van der Waals surface area contributed by atoms with Gasteiger partial charge in [0.15, 0.2) is 0 Å². The first-order valence-electron chi connectivity index (χ1n) is 6.92. The maximum absolute atomic E-state index is 4.52. The van der Waals surface area contributed by atoms with Crippen molar-refractivity contribution < 1.29 is 0 Å². The molecule has 0 unspecified atom stereocenters. The van der Waals surface area contributed by atoms with Gasteiger partial charge >= 0.3 is 0 Å². The molecule has 0 atom stereocenters. The molecule has 0 radical (unpaired) electrons. The number of aryl methyl sites for hydroxylation is 1. The molecule has 7 nitrogen and oxygen atoms in total. The highest BCUT2D eigenvalue weighted by molar-refractivity contribution is 5.83. The van der Waals surface area contributed by atoms with E-state index in [-0.39, 0.29) is 0 Å². The van der Waals surface area contributed by atoms with Gasteiger partial charge in [-0.15, -0.1) is 10.2 Å². The molecule has 0 aliphatic heterocycles. The lowest BCUT2D eigenvalue weighted by Crippen LogP contribution is -1.94. The number of nitrogens with zero attached hydrogens (tertiary/aromatic N) is 5. The Hall–Kier alpha value is -3.09. The summed E-state index contributed by atoms with van der Waals surface area (Å²) in [4.78, 5) is 4.52. The maximum Gasteiger partial charge on any atom is 0.204 e. The molecular formula is C15H13N7. The van der Waals surface area contributed by atoms with Crippen LogP contribution in [-0.2, 0) is 6.42 Å². The average molecular weight is 291 g/mol. The monoisotopic (exact) mass is 291 g/mol. The van der Waals surface area contributed by atoms with Crippen molar-refractivity contribution in [2.75, 3.05) is 0 Å². The molecule has 0 saturated heterocycles. The predicted octanol–water partition coefficient (Wildman–Crippen LogP) is 2.04. The van der Waals surface area contributed by atoms with Gasteiger partial charge < -0.3 is 0 Å². The normalized spacial score (nSPS) is 11.1. The van der Waals surface area contributed by atoms with Crippen LogP contribution < -0.4 is 0 Å². The van der Waals surface area contributed by atoms with Gasteiger partial charge in [0.2, 0.25) is 5.82 Å². The number of aromatic amines is 2. The number of aromatic nitrogens is 7. The van der Waals surface area contributed by atoms with E-state index >= 15 is 0 Å². The summed E-state index contributed by atoms with van der Waals surface area (Å²) >= 11 is 0. The molecule has 4 rings (SSSR count). The minimum absolute atomic E-state index is 0.590. The zero-order chi connectivity index (χ0) is 14.9. The van der Waals surface area contributed by atoms with E-state index < -0.39 is 0 Å². The van der Waals surface area contributed by atoms with E-state index in [1.807, 2.05) is 25.1 Å². The maximum atomic E-state index is 4.52. The van der Waals surface area contributed by atoms with Gasteiger partial charge in [0.05, 0.1) is 11.2 Å². The van der Waals surface area contributed by atoms with E-state index in [4.69, 9.17) is 0 Å². The topological polar surface area (TPSA) is 96.0 Å². The highest BCUT2D eigenvalue weighted by atomic mass is 15.5. The Kier molecular flexibility index (Phi) is 2.89. The SMILES string of the molecule is Cc1[nH]nc2ccnc(Cc3cccc(-c4nn[nH]n4)c3)c12. The molecule has 108 valence electrons. The van der Waals surface area contributed by atoms with E-state index in [0.29, 0.717) is 5.82 Å². The lowest BCUT2D eigenvalue weighted by Gasteiger charge is -2.04. The van der Waals surface area contributed by atoms with Crippen molar-refractivity contribution in [3.05, 3.63) is 53.5 Å². The zero-order valence-electron chi connectivity index (χ0n) is 11.9. The van der Waals surface area contributed by atoms with Crippen LogP contribution in [0.3, 0.4) is 0 Å². The van der Waals surface area contributed by atoms with Gasteiger partial charge in [-0.1, -0.05) is 18.2 Å². The van der Waals surface area contributed by atoms with Gasteiger partial charge in [-0.05, 0) is 29.8 Å². The number of hydrogen-bond acceptors (Lipinski definition) is 5. The Morgan fingerprint density at radius 2 is 2.09 bits per heavy atom. The van der Waals surface area contributed by atoms with Crippen LogP contribution in [0.4, 0.5) is 0 Å². The number of benzene rings is 1. The van der Waals surface area contributed by atoms with Crippen molar-refractivity contribution in [2.45, 2.75) is 13.3 Å². The molecule has 22 heavy (non-hydrogen) atoms. The first kappa shape index (κ1) is 12.6. The van der Waals surface area contributed by atoms with Crippen LogP contribution in [0.1, 0.15) is 17.0 Å². The fourth-order valence-electron chi connectivity index (χ4n) is 2.63. The van der Waals surface area contributed by atoms with Crippen LogP contribution in [0.2, 0.25) is 0 Å². The summed E-state index contributed by atoms with van der Waals surface area (Å²) in [6.45, 7) is 2.01. The van der Waals surface area contributed by atoms with Crippen molar-refractivity contribution in [1.29, 1.82) is 0 Å². The first-order valence-corrected chi connectivity index (χ1v) is 6.92. The number of tetrazole rings is 1. The first-order chi connectivity index (χ1) is 10.8. The Balaban J connectivity index is 1.74. The molecule has 0 amide bonds. The third-order valence-electron chi connectivity index (χ3n) is 3.63. The van der Waals surface area contributed by atoms with E-state index in [9.17, 15) is 0 Å². The highest BCUT2D eigenvalue weighted by Crippen LogP contribution is 2.22. The third-order valence-corrected chi connectivity index (χ3v) is 3.63. The van der Waals surface area contributed by atoms with Crippen LogP contribution in [0.5, 0.6) is 0 Å². The number of pyridine rings is 1. The van der Waals surface area contributed by atoms with Crippen molar-refractivity contribution in [3.63, 3.8) is 0 Å². The predicted molar refractivity (Wildman–Crippen MR) is 81.0 cm³/mol. The summed E-state index contributed by atoms with van der Waals surface area (Å²) in [6, 6.07) is 9.99. The van der Waals surface area contributed by atoms with Gasteiger partial charge in [0.1, 0.15) is 0 Å². The number of fused-ring (bicyclic) bond motifs is 1. The molecule has 0 saturated carbocycles. The number of nitrogens with one attached hydrogen (secondary N) is 2. The van der Waals surface area contributed by atoms with E-state index in [2.05, 4.69) is 47.9 Å². The summed E-state index contributed by atoms with van der Waals surface area (Å²) in [7, 11) is 0. The molecule has 0 aliphatic rings. The highest BCUT2D eigenvalue weighted by Gasteiger charge is 2.10. The average Bonchev–Trinajstić information content (AvgIpc) is 3.19. The molecule has 0 spiro atoms. The van der Waals surface area contributed by atoms with Crippen LogP contribution in [0, 0.1) is 6.92 Å². The molecule has 7 heteroatoms. The summed E-state index contributed by atoms with van der Waals surface area (Å²) in [6.07, 6.45) is 2.52. The van der Waals surface area contributed by atoms with Gasteiger partial charge in [-0.3, -0.25) is 10.1 Å². The van der Waals surface area contributed by atoms with Crippen molar-refractivity contribution in [2.24, 2.45) is 0 Å². The minimum atomic E-state index is 0.590. The number of H-pyrrole nitrogens is 2. The second-order valence-corrected chi connectivity index (χ2v) is 5.11. The van der Waals surface area contributed by atoms with Crippen LogP contribution >= 0.6 is 0 Å². The van der Waals surface area contributed by atoms with Gasteiger partial charge in [0, 0.05) is 29.3 Å². The van der Waals surface area contributed by atoms with Crippen LogP contribution in [0.15, 0.2) is 36.5 Å². The number of rotatable bonds is 3. The molecular weight excluding hydrogens is 278 g/mol. The van der Waals surface area contributed by atoms with Crippen LogP contribution in [-0.4, -0.2) is 35.8 Å². The molecule has 4 aromatic rings. The van der Waals surface area contributed by atoms with Gasteiger partial charge in [-0.2, -0.15) is 10.3 Å². The lowest BCUT2D eigenvalue weighted by molar-refractivity contribution is 0.881. The summed E-state index contributed by atoms with van der Waals surface area (Å²) in [5.41, 5.74) is 5.06. The van der Waals surface area contributed by atoms with E-state index in [1.165, 1.54) is 0 Å². The molecule has 0 aliphatic carbocycles. The summed E-state index contributed by atoms with van der Waals surface area (Å²) in [5, 5.41) is 22.5. The molecule has 3 heterocycles. The fraction of sp³-hybridized carbons (Fsp3) is 0.133. The zero-order valence-corrected chi connectivity index (χ0v) is 11.9. The van der Waals surface area contributed by atoms with Crippen molar-refractivity contribution in [1.82, 2.24) is 35.8 Å². The van der Waals surface area contributed by atoms with E-state index in [0.717, 1.165) is 39.8 Å². The largest absolute Gasteiger partial charge is 0.282 e.